The molecule has 0 atom stereocenters. The molecule has 0 radical (unpaired) electrons. The Morgan fingerprint density at radius 3 is 1.06 bits per heavy atom. The molecule has 0 unspecified atom stereocenters. The summed E-state index contributed by atoms with van der Waals surface area (Å²) in [5.74, 6) is 0. The zero-order valence-corrected chi connectivity index (χ0v) is 66.7. The molecule has 17 rings (SSSR count). The van der Waals surface area contributed by atoms with Gasteiger partial charge in [-0.2, -0.15) is 5.26 Å². The van der Waals surface area contributed by atoms with E-state index in [-0.39, 0.29) is 39.2 Å². The quantitative estimate of drug-likeness (QED) is 0.142. The van der Waals surface area contributed by atoms with Gasteiger partial charge in [-0.05, 0) is 218 Å². The summed E-state index contributed by atoms with van der Waals surface area (Å²) in [6.45, 7) is 41.7. The van der Waals surface area contributed by atoms with Gasteiger partial charge in [-0.3, -0.25) is 0 Å². The molecule has 2 aliphatic heterocycles. The van der Waals surface area contributed by atoms with Crippen LogP contribution in [-0.2, 0) is 32.5 Å². The highest BCUT2D eigenvalue weighted by Crippen LogP contribution is 2.52. The molecule has 0 N–H and O–H groups in total. The van der Waals surface area contributed by atoms with E-state index in [4.69, 9.17) is 0 Å². The molecule has 0 amide bonds. The van der Waals surface area contributed by atoms with Gasteiger partial charge in [0.1, 0.15) is 11.6 Å². The molecular formula is C103H98BN5. The van der Waals surface area contributed by atoms with Crippen LogP contribution in [0.1, 0.15) is 164 Å². The van der Waals surface area contributed by atoms with E-state index >= 15 is 0 Å². The summed E-state index contributed by atoms with van der Waals surface area (Å²) < 4.78 is 4.88. The molecule has 4 heterocycles. The molecule has 538 valence electrons. The van der Waals surface area contributed by atoms with Crippen LogP contribution in [-0.4, -0.2) is 15.8 Å². The molecule has 0 aliphatic carbocycles. The summed E-state index contributed by atoms with van der Waals surface area (Å²) in [4.78, 5) is 5.13. The summed E-state index contributed by atoms with van der Waals surface area (Å²) in [5.41, 5.74) is 32.4. The highest BCUT2D eigenvalue weighted by molar-refractivity contribution is 7.00. The second kappa shape index (κ2) is 25.4. The number of nitrogens with zero attached hydrogens (tertiary/aromatic N) is 5. The largest absolute Gasteiger partial charge is 0.311 e. The third kappa shape index (κ3) is 12.2. The zero-order valence-electron chi connectivity index (χ0n) is 66.7. The summed E-state index contributed by atoms with van der Waals surface area (Å²) in [7, 11) is 0. The van der Waals surface area contributed by atoms with Crippen molar-refractivity contribution in [3.05, 3.63) is 306 Å². The van der Waals surface area contributed by atoms with E-state index in [1.54, 1.807) is 0 Å². The summed E-state index contributed by atoms with van der Waals surface area (Å²) in [6.07, 6.45) is 0. The van der Waals surface area contributed by atoms with Crippen LogP contribution in [0, 0.1) is 11.3 Å². The molecule has 15 aromatic rings. The zero-order chi connectivity index (χ0) is 76.3. The lowest BCUT2D eigenvalue weighted by Crippen LogP contribution is -2.61. The third-order valence-corrected chi connectivity index (χ3v) is 23.4. The summed E-state index contributed by atoms with van der Waals surface area (Å²) >= 11 is 0. The third-order valence-electron chi connectivity index (χ3n) is 23.4. The number of anilines is 6. The maximum atomic E-state index is 12.6. The Morgan fingerprint density at radius 2 is 0.633 bits per heavy atom. The van der Waals surface area contributed by atoms with Crippen LogP contribution in [0.3, 0.4) is 0 Å². The van der Waals surface area contributed by atoms with Crippen LogP contribution >= 0.6 is 0 Å². The normalized spacial score (nSPS) is 13.3. The van der Waals surface area contributed by atoms with Gasteiger partial charge >= 0.3 is 0 Å². The summed E-state index contributed by atoms with van der Waals surface area (Å²) in [6, 6.07) is 105. The van der Waals surface area contributed by atoms with E-state index in [9.17, 15) is 5.26 Å². The average molecular weight is 1420 g/mol. The van der Waals surface area contributed by atoms with Crippen molar-refractivity contribution in [2.24, 2.45) is 0 Å². The first-order valence-electron chi connectivity index (χ1n) is 39.0. The van der Waals surface area contributed by atoms with Crippen molar-refractivity contribution in [2.75, 3.05) is 9.80 Å². The first kappa shape index (κ1) is 70.6. The lowest BCUT2D eigenvalue weighted by atomic mass is 9.33. The average Bonchev–Trinajstić information content (AvgIpc) is 1.58. The molecule has 109 heavy (non-hydrogen) atoms. The van der Waals surface area contributed by atoms with E-state index < -0.39 is 0 Å². The Morgan fingerprint density at radius 1 is 0.248 bits per heavy atom. The fraction of sp³-hybridized carbons (Fsp3) is 0.233. The Bertz CT molecular complexity index is 6000. The molecule has 6 heteroatoms. The van der Waals surface area contributed by atoms with Crippen LogP contribution in [0.15, 0.2) is 267 Å². The van der Waals surface area contributed by atoms with Crippen molar-refractivity contribution >= 4 is 101 Å². The van der Waals surface area contributed by atoms with Crippen molar-refractivity contribution in [1.29, 1.82) is 5.26 Å². The second-order valence-corrected chi connectivity index (χ2v) is 37.1. The Kier molecular flexibility index (Phi) is 16.4. The van der Waals surface area contributed by atoms with Gasteiger partial charge in [-0.25, -0.2) is 0 Å². The maximum Gasteiger partial charge on any atom is 0.252 e. The van der Waals surface area contributed by atoms with Crippen molar-refractivity contribution in [1.82, 2.24) is 9.13 Å². The van der Waals surface area contributed by atoms with E-state index in [0.717, 1.165) is 128 Å². The fourth-order valence-corrected chi connectivity index (χ4v) is 17.1. The van der Waals surface area contributed by atoms with Crippen molar-refractivity contribution < 1.29 is 0 Å². The Balaban J connectivity index is 1.06. The molecule has 5 nitrogen and oxygen atoms in total. The van der Waals surface area contributed by atoms with Crippen LogP contribution in [0.2, 0.25) is 0 Å². The number of rotatable bonds is 8. The second-order valence-electron chi connectivity index (χ2n) is 37.1. The molecule has 2 aromatic heterocycles. The molecule has 0 saturated heterocycles. The lowest BCUT2D eigenvalue weighted by Gasteiger charge is -2.45. The van der Waals surface area contributed by atoms with Crippen molar-refractivity contribution in [3.63, 3.8) is 0 Å². The number of aromatic nitrogens is 2. The standard InChI is InChI=1S/C103H98BN5/c1-98(2,3)72-42-46-91-82(59-72)83-60-73(99(4,5)6)43-47-92(83)106(91)79-61-95-97-96(62-79)109(90-39-29-38-89(84(90)63-105)108-87-36-27-25-34-80(87)81-35-26-28-37-88(81)108)94-56-67(71-51-76(102(13,14)15)58-77(52-71)103(16,17)18)41-45-86(94)104(97)85-44-40-66(70-49-74(100(7,8)9)57-75(50-70)101(10,11)12)55-93(85)107(95)78-53-68(64-30-21-19-22-31-64)48-69(54-78)65-32-23-20-24-33-65/h19-62H,1-18H3. The molecular weight excluding hydrogens is 1320 g/mol. The van der Waals surface area contributed by atoms with Crippen LogP contribution < -0.4 is 26.2 Å². The topological polar surface area (TPSA) is 40.1 Å². The lowest BCUT2D eigenvalue weighted by molar-refractivity contribution is 0.568. The molecule has 0 saturated carbocycles. The van der Waals surface area contributed by atoms with Crippen LogP contribution in [0.4, 0.5) is 34.1 Å². The number of hydrogen-bond acceptors (Lipinski definition) is 3. The number of hydrogen-bond donors (Lipinski definition) is 0. The number of fused-ring (bicyclic) bond motifs is 10. The highest BCUT2D eigenvalue weighted by atomic mass is 15.2. The molecule has 13 aromatic carbocycles. The van der Waals surface area contributed by atoms with Gasteiger partial charge in [0.2, 0.25) is 0 Å². The van der Waals surface area contributed by atoms with Gasteiger partial charge in [0.15, 0.2) is 0 Å². The predicted molar refractivity (Wildman–Crippen MR) is 468 cm³/mol. The maximum absolute atomic E-state index is 12.6. The van der Waals surface area contributed by atoms with E-state index in [1.165, 1.54) is 55.2 Å². The smallest absolute Gasteiger partial charge is 0.252 e. The minimum Gasteiger partial charge on any atom is -0.311 e. The summed E-state index contributed by atoms with van der Waals surface area (Å²) in [5, 5.41) is 17.3. The SMILES string of the molecule is CC(C)(C)c1cc(-c2ccc3c(c2)N(c2cc(-c4ccccc4)cc(-c4ccccc4)c2)c2cc(-n4c5ccc(C(C)(C)C)cc5c5cc(C(C)(C)C)ccc54)cc4c2B3c2ccc(-c3cc(C(C)(C)C)cc(C(C)(C)C)c3)cc2N4c2cccc(-n3c4ccccc4c4ccccc43)c2C#N)cc(C(C)(C)C)c1. The van der Waals surface area contributed by atoms with E-state index in [0.29, 0.717) is 5.56 Å². The number of para-hydroxylation sites is 2. The molecule has 2 aliphatic rings. The van der Waals surface area contributed by atoms with E-state index in [1.807, 2.05) is 0 Å². The van der Waals surface area contributed by atoms with Gasteiger partial charge in [0, 0.05) is 50.0 Å². The number of benzene rings is 13. The van der Waals surface area contributed by atoms with Gasteiger partial charge in [0.05, 0.1) is 39.1 Å². The van der Waals surface area contributed by atoms with Gasteiger partial charge in [-0.1, -0.05) is 301 Å². The Hall–Kier alpha value is -11.4. The molecule has 0 spiro atoms. The first-order chi connectivity index (χ1) is 51.8. The monoisotopic (exact) mass is 1420 g/mol. The highest BCUT2D eigenvalue weighted by Gasteiger charge is 2.45. The van der Waals surface area contributed by atoms with Crippen LogP contribution in [0.25, 0.3) is 99.5 Å². The molecule has 0 fully saturated rings. The Labute approximate surface area is 645 Å². The minimum absolute atomic E-state index is 0.113. The van der Waals surface area contributed by atoms with Gasteiger partial charge in [0.25, 0.3) is 6.71 Å². The minimum atomic E-state index is -0.296. The predicted octanol–water partition coefficient (Wildman–Crippen LogP) is 26.3. The van der Waals surface area contributed by atoms with Crippen molar-refractivity contribution in [2.45, 2.75) is 157 Å². The van der Waals surface area contributed by atoms with Crippen molar-refractivity contribution in [3.8, 4) is 62.0 Å². The van der Waals surface area contributed by atoms with Gasteiger partial charge in [-0.15, -0.1) is 0 Å². The molecule has 0 bridgehead atoms. The van der Waals surface area contributed by atoms with E-state index in [2.05, 4.69) is 417 Å². The fourth-order valence-electron chi connectivity index (χ4n) is 17.1. The number of nitriles is 1. The van der Waals surface area contributed by atoms with Crippen LogP contribution in [0.5, 0.6) is 0 Å². The first-order valence-corrected chi connectivity index (χ1v) is 39.0. The van der Waals surface area contributed by atoms with Gasteiger partial charge < -0.3 is 18.9 Å².